The first-order valence-corrected chi connectivity index (χ1v) is 11.0. The Balaban J connectivity index is 1.54. The number of thiophene rings is 1. The van der Waals surface area contributed by atoms with Crippen LogP contribution in [0.15, 0.2) is 53.9 Å². The Bertz CT molecular complexity index is 1370. The molecule has 6 nitrogen and oxygen atoms in total. The smallest absolute Gasteiger partial charge is 0.251 e. The summed E-state index contributed by atoms with van der Waals surface area (Å²) in [6.45, 7) is 1.67. The maximum absolute atomic E-state index is 14.1. The molecule has 0 aliphatic heterocycles. The van der Waals surface area contributed by atoms with Crippen molar-refractivity contribution in [2.45, 2.75) is 6.92 Å². The molecule has 8 heteroatoms. The number of carbonyl (C=O) groups excluding carboxylic acids is 2. The summed E-state index contributed by atoms with van der Waals surface area (Å²) < 4.78 is 25.0. The number of carbonyl (C=O) groups is 2. The molecule has 168 valence electrons. The number of pyridine rings is 1. The van der Waals surface area contributed by atoms with Crippen LogP contribution in [0.1, 0.15) is 26.4 Å². The summed E-state index contributed by atoms with van der Waals surface area (Å²) in [5.41, 5.74) is 2.81. The van der Waals surface area contributed by atoms with Gasteiger partial charge < -0.3 is 14.8 Å². The van der Waals surface area contributed by atoms with Crippen molar-refractivity contribution in [3.8, 4) is 22.8 Å². The zero-order valence-corrected chi connectivity index (χ0v) is 19.1. The minimum absolute atomic E-state index is 0.221. The monoisotopic (exact) mass is 464 g/mol. The average Bonchev–Trinajstić information content (AvgIpc) is 3.27. The van der Waals surface area contributed by atoms with E-state index in [2.05, 4.69) is 10.3 Å². The van der Waals surface area contributed by atoms with Crippen molar-refractivity contribution < 1.29 is 23.5 Å². The molecule has 2 heterocycles. The van der Waals surface area contributed by atoms with Crippen LogP contribution < -0.4 is 14.8 Å². The first kappa shape index (κ1) is 22.4. The molecule has 0 aliphatic carbocycles. The number of halogens is 1. The van der Waals surface area contributed by atoms with E-state index >= 15 is 0 Å². The molecule has 0 unspecified atom stereocenters. The summed E-state index contributed by atoms with van der Waals surface area (Å²) in [5.74, 6) is -0.124. The Morgan fingerprint density at radius 2 is 1.85 bits per heavy atom. The van der Waals surface area contributed by atoms with E-state index in [0.29, 0.717) is 27.5 Å². The van der Waals surface area contributed by atoms with Crippen LogP contribution in [0, 0.1) is 12.7 Å². The van der Waals surface area contributed by atoms with E-state index in [1.165, 1.54) is 31.6 Å². The van der Waals surface area contributed by atoms with E-state index < -0.39 is 5.91 Å². The zero-order valence-electron chi connectivity index (χ0n) is 18.3. The van der Waals surface area contributed by atoms with Gasteiger partial charge in [0.25, 0.3) is 5.91 Å². The summed E-state index contributed by atoms with van der Waals surface area (Å²) in [6.07, 6.45) is 0. The molecule has 2 aromatic heterocycles. The second-order valence-electron chi connectivity index (χ2n) is 7.30. The molecule has 0 atom stereocenters. The number of rotatable bonds is 7. The lowest BCUT2D eigenvalue weighted by Crippen LogP contribution is -2.30. The van der Waals surface area contributed by atoms with Crippen LogP contribution in [0.25, 0.3) is 21.3 Å². The topological polar surface area (TPSA) is 77.5 Å². The van der Waals surface area contributed by atoms with Gasteiger partial charge in [0.1, 0.15) is 11.5 Å². The standard InChI is InChI=1S/C25H21FN2O4S/c1-14-7-9-19(28-23(14)17-13-33-24-16(17)5-4-6-18(24)26)20(29)12-27-25(30)15-8-10-21(31-2)22(11-15)32-3/h4-11,13H,12H2,1-3H3,(H,27,30). The fourth-order valence-electron chi connectivity index (χ4n) is 3.49. The Labute approximate surface area is 194 Å². The van der Waals surface area contributed by atoms with E-state index in [-0.39, 0.29) is 23.8 Å². The lowest BCUT2D eigenvalue weighted by Gasteiger charge is -2.10. The Morgan fingerprint density at radius 1 is 1.06 bits per heavy atom. The highest BCUT2D eigenvalue weighted by atomic mass is 32.1. The van der Waals surface area contributed by atoms with Gasteiger partial charge >= 0.3 is 0 Å². The third-order valence-electron chi connectivity index (χ3n) is 5.24. The van der Waals surface area contributed by atoms with Gasteiger partial charge in [-0.15, -0.1) is 11.3 Å². The number of hydrogen-bond acceptors (Lipinski definition) is 6. The highest BCUT2D eigenvalue weighted by molar-refractivity contribution is 7.17. The van der Waals surface area contributed by atoms with Gasteiger partial charge in [0.2, 0.25) is 0 Å². The van der Waals surface area contributed by atoms with Gasteiger partial charge in [0, 0.05) is 21.9 Å². The molecule has 0 fully saturated rings. The van der Waals surface area contributed by atoms with E-state index in [9.17, 15) is 14.0 Å². The van der Waals surface area contributed by atoms with Crippen molar-refractivity contribution in [1.29, 1.82) is 0 Å². The predicted octanol–water partition coefficient (Wildman–Crippen LogP) is 5.04. The van der Waals surface area contributed by atoms with Crippen molar-refractivity contribution >= 4 is 33.1 Å². The fraction of sp³-hybridized carbons (Fsp3) is 0.160. The number of ketones is 1. The maximum atomic E-state index is 14.1. The number of aryl methyl sites for hydroxylation is 1. The summed E-state index contributed by atoms with van der Waals surface area (Å²) in [4.78, 5) is 29.8. The lowest BCUT2D eigenvalue weighted by molar-refractivity contribution is 0.0902. The molecular weight excluding hydrogens is 443 g/mol. The van der Waals surface area contributed by atoms with Crippen molar-refractivity contribution in [3.05, 3.63) is 76.5 Å². The number of ether oxygens (including phenoxy) is 2. The molecule has 1 amide bonds. The Hall–Kier alpha value is -3.78. The molecule has 4 aromatic rings. The molecule has 0 radical (unpaired) electrons. The molecule has 4 rings (SSSR count). The van der Waals surface area contributed by atoms with Gasteiger partial charge in [-0.1, -0.05) is 18.2 Å². The second kappa shape index (κ2) is 9.38. The van der Waals surface area contributed by atoms with Crippen LogP contribution in [0.2, 0.25) is 0 Å². The fourth-order valence-corrected chi connectivity index (χ4v) is 4.45. The van der Waals surface area contributed by atoms with Crippen LogP contribution in [-0.4, -0.2) is 37.4 Å². The van der Waals surface area contributed by atoms with Crippen molar-refractivity contribution in [1.82, 2.24) is 10.3 Å². The van der Waals surface area contributed by atoms with Gasteiger partial charge in [-0.05, 0) is 42.8 Å². The SMILES string of the molecule is COc1ccc(C(=O)NCC(=O)c2ccc(C)c(-c3csc4c(F)cccc34)n2)cc1OC. The van der Waals surface area contributed by atoms with Gasteiger partial charge in [-0.3, -0.25) is 9.59 Å². The van der Waals surface area contributed by atoms with Crippen LogP contribution >= 0.6 is 11.3 Å². The molecule has 33 heavy (non-hydrogen) atoms. The van der Waals surface area contributed by atoms with E-state index in [1.54, 1.807) is 36.4 Å². The minimum atomic E-state index is -0.420. The van der Waals surface area contributed by atoms with Crippen LogP contribution in [-0.2, 0) is 0 Å². The highest BCUT2D eigenvalue weighted by Gasteiger charge is 2.17. The molecule has 1 N–H and O–H groups in total. The number of Topliss-reactive ketones (excluding diaryl/α,β-unsaturated/α-hetero) is 1. The molecule has 2 aromatic carbocycles. The van der Waals surface area contributed by atoms with Gasteiger partial charge in [0.15, 0.2) is 17.3 Å². The van der Waals surface area contributed by atoms with E-state index in [4.69, 9.17) is 9.47 Å². The third kappa shape index (κ3) is 4.42. The zero-order chi connectivity index (χ0) is 23.5. The quantitative estimate of drug-likeness (QED) is 0.388. The summed E-state index contributed by atoms with van der Waals surface area (Å²) >= 11 is 1.30. The summed E-state index contributed by atoms with van der Waals surface area (Å²) in [6, 6.07) is 13.1. The van der Waals surface area contributed by atoms with E-state index in [0.717, 1.165) is 16.5 Å². The Morgan fingerprint density at radius 3 is 2.61 bits per heavy atom. The van der Waals surface area contributed by atoms with Crippen molar-refractivity contribution in [3.63, 3.8) is 0 Å². The largest absolute Gasteiger partial charge is 0.493 e. The number of aromatic nitrogens is 1. The number of hydrogen-bond donors (Lipinski definition) is 1. The molecule has 0 spiro atoms. The third-order valence-corrected chi connectivity index (χ3v) is 6.25. The van der Waals surface area contributed by atoms with Crippen LogP contribution in [0.3, 0.4) is 0 Å². The number of amides is 1. The molecular formula is C25H21FN2O4S. The van der Waals surface area contributed by atoms with Crippen LogP contribution in [0.5, 0.6) is 11.5 Å². The highest BCUT2D eigenvalue weighted by Crippen LogP contribution is 2.36. The van der Waals surface area contributed by atoms with Crippen molar-refractivity contribution in [2.75, 3.05) is 20.8 Å². The molecule has 0 bridgehead atoms. The van der Waals surface area contributed by atoms with Gasteiger partial charge in [-0.2, -0.15) is 0 Å². The van der Waals surface area contributed by atoms with E-state index in [1.807, 2.05) is 18.4 Å². The van der Waals surface area contributed by atoms with Crippen molar-refractivity contribution in [2.24, 2.45) is 0 Å². The molecule has 0 saturated carbocycles. The summed E-state index contributed by atoms with van der Waals surface area (Å²) in [5, 5.41) is 5.21. The Kier molecular flexibility index (Phi) is 6.37. The maximum Gasteiger partial charge on any atom is 0.251 e. The molecule has 0 saturated heterocycles. The normalized spacial score (nSPS) is 10.8. The average molecular weight is 465 g/mol. The number of nitrogens with zero attached hydrogens (tertiary/aromatic N) is 1. The lowest BCUT2D eigenvalue weighted by atomic mass is 10.0. The number of nitrogens with one attached hydrogen (secondary N) is 1. The number of benzene rings is 2. The number of fused-ring (bicyclic) bond motifs is 1. The minimum Gasteiger partial charge on any atom is -0.493 e. The molecule has 0 aliphatic rings. The van der Waals surface area contributed by atoms with Gasteiger partial charge in [-0.25, -0.2) is 9.37 Å². The second-order valence-corrected chi connectivity index (χ2v) is 8.18. The summed E-state index contributed by atoms with van der Waals surface area (Å²) in [7, 11) is 2.99. The first-order chi connectivity index (χ1) is 15.9. The van der Waals surface area contributed by atoms with Gasteiger partial charge in [0.05, 0.1) is 31.2 Å². The number of methoxy groups -OCH3 is 2. The predicted molar refractivity (Wildman–Crippen MR) is 126 cm³/mol. The first-order valence-electron chi connectivity index (χ1n) is 10.1. The van der Waals surface area contributed by atoms with Crippen LogP contribution in [0.4, 0.5) is 4.39 Å².